The highest BCUT2D eigenvalue weighted by Gasteiger charge is 2.14. The largest absolute Gasteiger partial charge is 0.312 e. The Kier molecular flexibility index (Phi) is 5.48. The maximum atomic E-state index is 4.77. The zero-order valence-corrected chi connectivity index (χ0v) is 13.6. The first-order valence-electron chi connectivity index (χ1n) is 6.56. The summed E-state index contributed by atoms with van der Waals surface area (Å²) in [7, 11) is 0. The van der Waals surface area contributed by atoms with Crippen molar-refractivity contribution in [1.29, 1.82) is 0 Å². The van der Waals surface area contributed by atoms with Crippen LogP contribution in [-0.2, 0) is 13.0 Å². The number of thiazole rings is 1. The molecule has 0 aliphatic carbocycles. The van der Waals surface area contributed by atoms with Crippen molar-refractivity contribution in [2.24, 2.45) is 0 Å². The molecule has 0 aliphatic heterocycles. The quantitative estimate of drug-likeness (QED) is 0.863. The van der Waals surface area contributed by atoms with Crippen molar-refractivity contribution in [3.63, 3.8) is 0 Å². The van der Waals surface area contributed by atoms with E-state index in [1.807, 2.05) is 18.3 Å². The number of aromatic nitrogens is 2. The van der Waals surface area contributed by atoms with Gasteiger partial charge in [0.25, 0.3) is 0 Å². The zero-order chi connectivity index (χ0) is 13.7. The molecule has 0 saturated carbocycles. The highest BCUT2D eigenvalue weighted by molar-refractivity contribution is 9.10. The summed E-state index contributed by atoms with van der Waals surface area (Å²) in [6.45, 7) is 6.18. The summed E-state index contributed by atoms with van der Waals surface area (Å²) in [4.78, 5) is 10.5. The van der Waals surface area contributed by atoms with Crippen LogP contribution in [0, 0.1) is 0 Å². The number of pyridine rings is 1. The van der Waals surface area contributed by atoms with Gasteiger partial charge in [-0.15, -0.1) is 11.3 Å². The molecule has 1 N–H and O–H groups in total. The average molecular weight is 340 g/mol. The fourth-order valence-corrected chi connectivity index (χ4v) is 3.50. The fraction of sp³-hybridized carbons (Fsp3) is 0.429. The Bertz CT molecular complexity index is 539. The molecular weight excluding hydrogens is 322 g/mol. The Hall–Kier alpha value is -0.780. The second kappa shape index (κ2) is 7.12. The summed E-state index contributed by atoms with van der Waals surface area (Å²) < 4.78 is 1.00. The third kappa shape index (κ3) is 3.61. The van der Waals surface area contributed by atoms with Crippen LogP contribution in [0.5, 0.6) is 0 Å². The lowest BCUT2D eigenvalue weighted by molar-refractivity contribution is 0.723. The second-order valence-corrected chi connectivity index (χ2v) is 6.19. The summed E-state index contributed by atoms with van der Waals surface area (Å²) in [5.41, 5.74) is 2.15. The zero-order valence-electron chi connectivity index (χ0n) is 11.2. The van der Waals surface area contributed by atoms with Gasteiger partial charge >= 0.3 is 0 Å². The summed E-state index contributed by atoms with van der Waals surface area (Å²) in [6, 6.07) is 3.93. The van der Waals surface area contributed by atoms with E-state index in [0.29, 0.717) is 0 Å². The van der Waals surface area contributed by atoms with Gasteiger partial charge in [0.05, 0.1) is 5.69 Å². The Morgan fingerprint density at radius 3 is 2.89 bits per heavy atom. The molecule has 5 heteroatoms. The monoisotopic (exact) mass is 339 g/mol. The average Bonchev–Trinajstić information content (AvgIpc) is 2.80. The van der Waals surface area contributed by atoms with Gasteiger partial charge in [0.15, 0.2) is 0 Å². The Balaban J connectivity index is 2.34. The van der Waals surface area contributed by atoms with Crippen LogP contribution in [0.1, 0.15) is 30.8 Å². The Labute approximate surface area is 126 Å². The maximum absolute atomic E-state index is 4.77. The number of nitrogens with zero attached hydrogens (tertiary/aromatic N) is 2. The third-order valence-corrected chi connectivity index (χ3v) is 4.51. The molecule has 0 atom stereocenters. The highest BCUT2D eigenvalue weighted by atomic mass is 79.9. The maximum Gasteiger partial charge on any atom is 0.143 e. The predicted octanol–water partition coefficient (Wildman–Crippen LogP) is 4.03. The van der Waals surface area contributed by atoms with Crippen molar-refractivity contribution in [3.05, 3.63) is 33.4 Å². The molecule has 0 aromatic carbocycles. The van der Waals surface area contributed by atoms with Crippen LogP contribution in [0.3, 0.4) is 0 Å². The van der Waals surface area contributed by atoms with E-state index in [9.17, 15) is 0 Å². The van der Waals surface area contributed by atoms with E-state index >= 15 is 0 Å². The SMILES string of the molecule is CCCc1nc(-c2ncccc2Br)sc1CNCC. The molecule has 2 aromatic rings. The van der Waals surface area contributed by atoms with Crippen LogP contribution < -0.4 is 5.32 Å². The minimum atomic E-state index is 0.897. The van der Waals surface area contributed by atoms with Gasteiger partial charge in [0.2, 0.25) is 0 Å². The summed E-state index contributed by atoms with van der Waals surface area (Å²) in [6.07, 6.45) is 3.96. The van der Waals surface area contributed by atoms with Crippen molar-refractivity contribution >= 4 is 27.3 Å². The molecule has 0 saturated heterocycles. The number of hydrogen-bond donors (Lipinski definition) is 1. The van der Waals surface area contributed by atoms with Crippen molar-refractivity contribution in [1.82, 2.24) is 15.3 Å². The molecule has 0 unspecified atom stereocenters. The fourth-order valence-electron chi connectivity index (χ4n) is 1.84. The Morgan fingerprint density at radius 1 is 1.37 bits per heavy atom. The minimum absolute atomic E-state index is 0.897. The van der Waals surface area contributed by atoms with E-state index in [4.69, 9.17) is 4.98 Å². The van der Waals surface area contributed by atoms with Crippen molar-refractivity contribution < 1.29 is 0 Å². The lowest BCUT2D eigenvalue weighted by atomic mass is 10.2. The van der Waals surface area contributed by atoms with Crippen LogP contribution in [0.2, 0.25) is 0 Å². The van der Waals surface area contributed by atoms with Crippen LogP contribution in [0.4, 0.5) is 0 Å². The molecule has 0 amide bonds. The molecular formula is C14H18BrN3S. The van der Waals surface area contributed by atoms with Gasteiger partial charge in [-0.25, -0.2) is 4.98 Å². The molecule has 3 nitrogen and oxygen atoms in total. The number of halogens is 1. The minimum Gasteiger partial charge on any atom is -0.312 e. The summed E-state index contributed by atoms with van der Waals surface area (Å²) >= 11 is 5.29. The normalized spacial score (nSPS) is 10.9. The van der Waals surface area contributed by atoms with Crippen molar-refractivity contribution in [3.8, 4) is 10.7 Å². The molecule has 2 heterocycles. The first-order valence-corrected chi connectivity index (χ1v) is 8.17. The molecule has 0 spiro atoms. The third-order valence-electron chi connectivity index (χ3n) is 2.76. The van der Waals surface area contributed by atoms with Gasteiger partial charge in [0.1, 0.15) is 10.7 Å². The van der Waals surface area contributed by atoms with E-state index in [0.717, 1.165) is 41.1 Å². The van der Waals surface area contributed by atoms with Crippen molar-refractivity contribution in [2.45, 2.75) is 33.2 Å². The van der Waals surface area contributed by atoms with Crippen LogP contribution >= 0.6 is 27.3 Å². The van der Waals surface area contributed by atoms with E-state index < -0.39 is 0 Å². The van der Waals surface area contributed by atoms with E-state index in [2.05, 4.69) is 40.1 Å². The topological polar surface area (TPSA) is 37.8 Å². The van der Waals surface area contributed by atoms with Crippen LogP contribution in [-0.4, -0.2) is 16.5 Å². The Morgan fingerprint density at radius 2 is 2.21 bits per heavy atom. The smallest absolute Gasteiger partial charge is 0.143 e. The molecule has 0 radical (unpaired) electrons. The standard InChI is InChI=1S/C14H18BrN3S/c1-3-6-11-12(9-16-4-2)19-14(18-11)13-10(15)7-5-8-17-13/h5,7-8,16H,3-4,6,9H2,1-2H3. The van der Waals surface area contributed by atoms with Crippen LogP contribution in [0.25, 0.3) is 10.7 Å². The molecule has 102 valence electrons. The van der Waals surface area contributed by atoms with Gasteiger partial charge in [-0.1, -0.05) is 20.3 Å². The highest BCUT2D eigenvalue weighted by Crippen LogP contribution is 2.31. The molecule has 0 aliphatic rings. The van der Waals surface area contributed by atoms with Gasteiger partial charge in [-0.3, -0.25) is 4.98 Å². The molecule has 0 bridgehead atoms. The first kappa shape index (κ1) is 14.6. The molecule has 2 rings (SSSR count). The summed E-state index contributed by atoms with van der Waals surface area (Å²) in [5, 5.41) is 4.38. The van der Waals surface area contributed by atoms with Gasteiger partial charge in [-0.2, -0.15) is 0 Å². The number of rotatable bonds is 6. The van der Waals surface area contributed by atoms with E-state index in [1.54, 1.807) is 11.3 Å². The molecule has 19 heavy (non-hydrogen) atoms. The number of nitrogens with one attached hydrogen (secondary N) is 1. The number of aryl methyl sites for hydroxylation is 1. The summed E-state index contributed by atoms with van der Waals surface area (Å²) in [5.74, 6) is 0. The predicted molar refractivity (Wildman–Crippen MR) is 84.4 cm³/mol. The lowest BCUT2D eigenvalue weighted by Gasteiger charge is -2.00. The lowest BCUT2D eigenvalue weighted by Crippen LogP contribution is -2.11. The van der Waals surface area contributed by atoms with Crippen molar-refractivity contribution in [2.75, 3.05) is 6.54 Å². The van der Waals surface area contributed by atoms with Crippen LogP contribution in [0.15, 0.2) is 22.8 Å². The van der Waals surface area contributed by atoms with E-state index in [1.165, 1.54) is 10.6 Å². The van der Waals surface area contributed by atoms with Gasteiger partial charge in [0, 0.05) is 22.1 Å². The first-order chi connectivity index (χ1) is 9.26. The van der Waals surface area contributed by atoms with Gasteiger partial charge < -0.3 is 5.32 Å². The second-order valence-electron chi connectivity index (χ2n) is 4.25. The number of hydrogen-bond acceptors (Lipinski definition) is 4. The van der Waals surface area contributed by atoms with E-state index in [-0.39, 0.29) is 0 Å². The molecule has 2 aromatic heterocycles. The molecule has 0 fully saturated rings. The van der Waals surface area contributed by atoms with Gasteiger partial charge in [-0.05, 0) is 41.0 Å².